The minimum atomic E-state index is -0.185. The van der Waals surface area contributed by atoms with Crippen molar-refractivity contribution >= 4 is 0 Å². The number of rotatable bonds is 5. The molecule has 2 atom stereocenters. The zero-order chi connectivity index (χ0) is 14.5. The van der Waals surface area contributed by atoms with Crippen LogP contribution in [0.25, 0.3) is 0 Å². The molecular formula is C18H22FN. The van der Waals surface area contributed by atoms with Crippen LogP contribution in [0.1, 0.15) is 49.0 Å². The van der Waals surface area contributed by atoms with Crippen LogP contribution in [0.5, 0.6) is 0 Å². The fourth-order valence-corrected chi connectivity index (χ4v) is 2.40. The molecular weight excluding hydrogens is 249 g/mol. The van der Waals surface area contributed by atoms with E-state index in [1.165, 1.54) is 23.3 Å². The third kappa shape index (κ3) is 3.67. The number of benzene rings is 2. The van der Waals surface area contributed by atoms with E-state index in [0.29, 0.717) is 0 Å². The molecule has 1 nitrogen and oxygen atoms in total. The largest absolute Gasteiger partial charge is 0.303 e. The van der Waals surface area contributed by atoms with Crippen LogP contribution in [0.4, 0.5) is 4.39 Å². The normalized spacial score (nSPS) is 14.0. The molecule has 0 saturated carbocycles. The zero-order valence-electron chi connectivity index (χ0n) is 12.4. The number of nitrogens with one attached hydrogen (secondary N) is 1. The van der Waals surface area contributed by atoms with Crippen molar-refractivity contribution in [1.29, 1.82) is 0 Å². The average molecular weight is 271 g/mol. The Bertz CT molecular complexity index is 530. The van der Waals surface area contributed by atoms with E-state index in [9.17, 15) is 4.39 Å². The lowest BCUT2D eigenvalue weighted by molar-refractivity contribution is 0.456. The van der Waals surface area contributed by atoms with Gasteiger partial charge in [-0.15, -0.1) is 0 Å². The van der Waals surface area contributed by atoms with E-state index >= 15 is 0 Å². The predicted octanol–water partition coefficient (Wildman–Crippen LogP) is 4.94. The van der Waals surface area contributed by atoms with Crippen LogP contribution in [0.3, 0.4) is 0 Å². The first kappa shape index (κ1) is 14.7. The number of aryl methyl sites for hydroxylation is 1. The van der Waals surface area contributed by atoms with Crippen molar-refractivity contribution in [2.45, 2.75) is 39.3 Å². The van der Waals surface area contributed by atoms with Gasteiger partial charge in [0.2, 0.25) is 0 Å². The van der Waals surface area contributed by atoms with Gasteiger partial charge in [-0.2, -0.15) is 0 Å². The Balaban J connectivity index is 2.09. The van der Waals surface area contributed by atoms with E-state index in [1.54, 1.807) is 0 Å². The zero-order valence-corrected chi connectivity index (χ0v) is 12.4. The number of halogens is 1. The summed E-state index contributed by atoms with van der Waals surface area (Å²) in [6.45, 7) is 6.40. The minimum absolute atomic E-state index is 0.185. The summed E-state index contributed by atoms with van der Waals surface area (Å²) in [6, 6.07) is 15.9. The van der Waals surface area contributed by atoms with Crippen LogP contribution in [0, 0.1) is 12.7 Å². The Labute approximate surface area is 120 Å². The minimum Gasteiger partial charge on any atom is -0.303 e. The summed E-state index contributed by atoms with van der Waals surface area (Å²) in [4.78, 5) is 0. The molecule has 0 bridgehead atoms. The molecule has 0 aromatic heterocycles. The molecule has 106 valence electrons. The Morgan fingerprint density at radius 1 is 0.950 bits per heavy atom. The second-order valence-electron chi connectivity index (χ2n) is 5.31. The highest BCUT2D eigenvalue weighted by Gasteiger charge is 2.13. The fraction of sp³-hybridized carbons (Fsp3) is 0.333. The first-order chi connectivity index (χ1) is 9.60. The highest BCUT2D eigenvalue weighted by atomic mass is 19.1. The van der Waals surface area contributed by atoms with E-state index in [4.69, 9.17) is 0 Å². The van der Waals surface area contributed by atoms with E-state index in [1.807, 2.05) is 12.1 Å². The van der Waals surface area contributed by atoms with Crippen LogP contribution < -0.4 is 5.32 Å². The van der Waals surface area contributed by atoms with Crippen LogP contribution in [0.15, 0.2) is 48.5 Å². The summed E-state index contributed by atoms with van der Waals surface area (Å²) in [5, 5.41) is 3.62. The molecule has 2 aromatic carbocycles. The molecule has 2 heteroatoms. The Kier molecular flexibility index (Phi) is 4.91. The van der Waals surface area contributed by atoms with Gasteiger partial charge in [-0.05, 0) is 43.5 Å². The highest BCUT2D eigenvalue weighted by Crippen LogP contribution is 2.22. The molecule has 0 amide bonds. The van der Waals surface area contributed by atoms with Gasteiger partial charge in [0.15, 0.2) is 0 Å². The Morgan fingerprint density at radius 3 is 2.05 bits per heavy atom. The second kappa shape index (κ2) is 6.67. The highest BCUT2D eigenvalue weighted by molar-refractivity contribution is 5.25. The van der Waals surface area contributed by atoms with Crippen LogP contribution >= 0.6 is 0 Å². The molecule has 20 heavy (non-hydrogen) atoms. The molecule has 1 N–H and O–H groups in total. The summed E-state index contributed by atoms with van der Waals surface area (Å²) in [5.74, 6) is -0.185. The molecule has 0 heterocycles. The van der Waals surface area contributed by atoms with Gasteiger partial charge in [0.25, 0.3) is 0 Å². The van der Waals surface area contributed by atoms with Gasteiger partial charge >= 0.3 is 0 Å². The predicted molar refractivity (Wildman–Crippen MR) is 82.2 cm³/mol. The lowest BCUT2D eigenvalue weighted by Gasteiger charge is -2.23. The van der Waals surface area contributed by atoms with E-state index in [-0.39, 0.29) is 17.9 Å². The smallest absolute Gasteiger partial charge is 0.123 e. The van der Waals surface area contributed by atoms with Crippen LogP contribution in [-0.4, -0.2) is 0 Å². The molecule has 0 fully saturated rings. The van der Waals surface area contributed by atoms with E-state index in [2.05, 4.69) is 50.4 Å². The first-order valence-electron chi connectivity index (χ1n) is 7.18. The van der Waals surface area contributed by atoms with Gasteiger partial charge in [0.05, 0.1) is 0 Å². The van der Waals surface area contributed by atoms with E-state index in [0.717, 1.165) is 12.0 Å². The van der Waals surface area contributed by atoms with Crippen LogP contribution in [0.2, 0.25) is 0 Å². The van der Waals surface area contributed by atoms with Gasteiger partial charge < -0.3 is 5.32 Å². The summed E-state index contributed by atoms with van der Waals surface area (Å²) < 4.78 is 13.0. The van der Waals surface area contributed by atoms with Crippen molar-refractivity contribution in [3.63, 3.8) is 0 Å². The van der Waals surface area contributed by atoms with Gasteiger partial charge in [0.1, 0.15) is 5.82 Å². The van der Waals surface area contributed by atoms with Crippen molar-refractivity contribution in [2.75, 3.05) is 0 Å². The molecule has 2 rings (SSSR count). The van der Waals surface area contributed by atoms with Crippen LogP contribution in [-0.2, 0) is 0 Å². The van der Waals surface area contributed by atoms with Crippen molar-refractivity contribution < 1.29 is 4.39 Å². The molecule has 1 unspecified atom stereocenters. The lowest BCUT2D eigenvalue weighted by Crippen LogP contribution is -2.24. The average Bonchev–Trinajstić information content (AvgIpc) is 2.46. The molecule has 2 aromatic rings. The SMILES string of the molecule is CCC(N[C@H](C)c1ccc(C)cc1)c1ccc(F)cc1. The molecule has 0 aliphatic heterocycles. The number of hydrogen-bond donors (Lipinski definition) is 1. The van der Waals surface area contributed by atoms with Gasteiger partial charge in [-0.1, -0.05) is 48.9 Å². The topological polar surface area (TPSA) is 12.0 Å². The Morgan fingerprint density at radius 2 is 1.50 bits per heavy atom. The molecule has 0 saturated heterocycles. The quantitative estimate of drug-likeness (QED) is 0.812. The molecule has 0 radical (unpaired) electrons. The third-order valence-corrected chi connectivity index (χ3v) is 3.71. The van der Waals surface area contributed by atoms with E-state index < -0.39 is 0 Å². The standard InChI is InChI=1S/C18H22FN/c1-4-18(16-9-11-17(19)12-10-16)20-14(3)15-7-5-13(2)6-8-15/h5-12,14,18,20H,4H2,1-3H3/t14-,18?/m1/s1. The summed E-state index contributed by atoms with van der Waals surface area (Å²) in [5.41, 5.74) is 3.68. The fourth-order valence-electron chi connectivity index (χ4n) is 2.40. The first-order valence-corrected chi connectivity index (χ1v) is 7.18. The van der Waals surface area contributed by atoms with Gasteiger partial charge in [0, 0.05) is 12.1 Å². The maximum Gasteiger partial charge on any atom is 0.123 e. The summed E-state index contributed by atoms with van der Waals surface area (Å²) in [6.07, 6.45) is 0.974. The van der Waals surface area contributed by atoms with Crippen molar-refractivity contribution in [3.05, 3.63) is 71.0 Å². The van der Waals surface area contributed by atoms with Crippen molar-refractivity contribution in [1.82, 2.24) is 5.32 Å². The van der Waals surface area contributed by atoms with Crippen molar-refractivity contribution in [3.8, 4) is 0 Å². The Hall–Kier alpha value is -1.67. The maximum absolute atomic E-state index is 13.0. The number of hydrogen-bond acceptors (Lipinski definition) is 1. The summed E-state index contributed by atoms with van der Waals surface area (Å²) >= 11 is 0. The summed E-state index contributed by atoms with van der Waals surface area (Å²) in [7, 11) is 0. The van der Waals surface area contributed by atoms with Crippen molar-refractivity contribution in [2.24, 2.45) is 0 Å². The monoisotopic (exact) mass is 271 g/mol. The lowest BCUT2D eigenvalue weighted by atomic mass is 10.0. The second-order valence-corrected chi connectivity index (χ2v) is 5.31. The van der Waals surface area contributed by atoms with Gasteiger partial charge in [-0.25, -0.2) is 4.39 Å². The van der Waals surface area contributed by atoms with Gasteiger partial charge in [-0.3, -0.25) is 0 Å². The molecule has 0 aliphatic carbocycles. The molecule has 0 aliphatic rings. The third-order valence-electron chi connectivity index (χ3n) is 3.71. The maximum atomic E-state index is 13.0. The molecule has 0 spiro atoms.